The number of nitrogens with zero attached hydrogens (tertiary/aromatic N) is 3. The van der Waals surface area contributed by atoms with Gasteiger partial charge in [-0.2, -0.15) is 0 Å². The van der Waals surface area contributed by atoms with Crippen molar-refractivity contribution < 1.29 is 4.74 Å². The number of aryl methyl sites for hydroxylation is 1. The number of hydrogen-bond donors (Lipinski definition) is 1. The van der Waals surface area contributed by atoms with E-state index in [1.165, 1.54) is 6.33 Å². The number of rotatable bonds is 6. The molecule has 2 aromatic heterocycles. The van der Waals surface area contributed by atoms with Crippen LogP contribution in [0.5, 0.6) is 11.5 Å². The highest BCUT2D eigenvalue weighted by atomic mass is 16.5. The van der Waals surface area contributed by atoms with Crippen molar-refractivity contribution in [2.75, 3.05) is 5.73 Å². The summed E-state index contributed by atoms with van der Waals surface area (Å²) in [4.78, 5) is 8.65. The lowest BCUT2D eigenvalue weighted by atomic mass is 10.1. The summed E-state index contributed by atoms with van der Waals surface area (Å²) in [6.45, 7) is 3.10. The molecule has 0 aliphatic carbocycles. The normalized spacial score (nSPS) is 11.0. The molecular formula is C22H22N4O. The van der Waals surface area contributed by atoms with Crippen LogP contribution in [0.25, 0.3) is 22.2 Å². The van der Waals surface area contributed by atoms with Gasteiger partial charge in [0.25, 0.3) is 0 Å². The van der Waals surface area contributed by atoms with Gasteiger partial charge in [0, 0.05) is 18.3 Å². The van der Waals surface area contributed by atoms with Crippen molar-refractivity contribution in [3.63, 3.8) is 0 Å². The molecule has 2 aromatic carbocycles. The van der Waals surface area contributed by atoms with Crippen molar-refractivity contribution in [2.45, 2.75) is 26.3 Å². The van der Waals surface area contributed by atoms with E-state index in [0.29, 0.717) is 5.82 Å². The van der Waals surface area contributed by atoms with Crippen LogP contribution in [0.2, 0.25) is 0 Å². The Kier molecular flexibility index (Phi) is 4.75. The Morgan fingerprint density at radius 2 is 1.70 bits per heavy atom. The van der Waals surface area contributed by atoms with Gasteiger partial charge < -0.3 is 15.0 Å². The maximum atomic E-state index is 6.18. The van der Waals surface area contributed by atoms with Crippen LogP contribution in [0.4, 0.5) is 5.82 Å². The third-order valence-corrected chi connectivity index (χ3v) is 4.58. The zero-order valence-electron chi connectivity index (χ0n) is 15.3. The zero-order valence-corrected chi connectivity index (χ0v) is 15.3. The molecule has 2 N–H and O–H groups in total. The molecule has 4 rings (SSSR count). The van der Waals surface area contributed by atoms with Gasteiger partial charge in [0.1, 0.15) is 29.3 Å². The summed E-state index contributed by atoms with van der Waals surface area (Å²) >= 11 is 0. The first-order chi connectivity index (χ1) is 13.3. The predicted octanol–water partition coefficient (Wildman–Crippen LogP) is 5.27. The SMILES string of the molecule is CCCCn1cc(-c2ccc(Oc3ccccc3)cc2)c2c(N)ncnc21. The largest absolute Gasteiger partial charge is 0.457 e. The molecular weight excluding hydrogens is 336 g/mol. The summed E-state index contributed by atoms with van der Waals surface area (Å²) < 4.78 is 8.05. The molecule has 136 valence electrons. The molecule has 0 spiro atoms. The Morgan fingerprint density at radius 1 is 0.963 bits per heavy atom. The maximum absolute atomic E-state index is 6.18. The van der Waals surface area contributed by atoms with Crippen LogP contribution in [0.15, 0.2) is 67.1 Å². The minimum absolute atomic E-state index is 0.509. The van der Waals surface area contributed by atoms with E-state index in [2.05, 4.69) is 27.7 Å². The molecule has 0 amide bonds. The highest BCUT2D eigenvalue weighted by Gasteiger charge is 2.15. The molecule has 0 saturated heterocycles. The first-order valence-corrected chi connectivity index (χ1v) is 9.19. The van der Waals surface area contributed by atoms with Gasteiger partial charge in [0.2, 0.25) is 0 Å². The number of ether oxygens (including phenoxy) is 1. The second-order valence-electron chi connectivity index (χ2n) is 6.49. The standard InChI is InChI=1S/C22H22N4O/c1-2-3-13-26-14-19(20-21(23)24-15-25-22(20)26)16-9-11-18(12-10-16)27-17-7-5-4-6-8-17/h4-12,14-15H,2-3,13H2,1H3,(H2,23,24,25). The minimum Gasteiger partial charge on any atom is -0.457 e. The highest BCUT2D eigenvalue weighted by Crippen LogP contribution is 2.34. The monoisotopic (exact) mass is 358 g/mol. The molecule has 0 saturated carbocycles. The van der Waals surface area contributed by atoms with Crippen molar-refractivity contribution in [3.05, 3.63) is 67.1 Å². The smallest absolute Gasteiger partial charge is 0.146 e. The zero-order chi connectivity index (χ0) is 18.6. The molecule has 5 nitrogen and oxygen atoms in total. The first kappa shape index (κ1) is 17.1. The number of fused-ring (bicyclic) bond motifs is 1. The van der Waals surface area contributed by atoms with Crippen LogP contribution in [-0.4, -0.2) is 14.5 Å². The molecule has 0 atom stereocenters. The minimum atomic E-state index is 0.509. The molecule has 0 aliphatic heterocycles. The number of para-hydroxylation sites is 1. The second-order valence-corrected chi connectivity index (χ2v) is 6.49. The molecule has 0 radical (unpaired) electrons. The average molecular weight is 358 g/mol. The van der Waals surface area contributed by atoms with E-state index in [1.807, 2.05) is 54.6 Å². The number of benzene rings is 2. The van der Waals surface area contributed by atoms with Gasteiger partial charge in [-0.1, -0.05) is 43.7 Å². The van der Waals surface area contributed by atoms with Gasteiger partial charge in [-0.15, -0.1) is 0 Å². The summed E-state index contributed by atoms with van der Waals surface area (Å²) in [5.41, 5.74) is 9.18. The number of nitrogens with two attached hydrogens (primary N) is 1. The number of anilines is 1. The predicted molar refractivity (Wildman–Crippen MR) is 109 cm³/mol. The van der Waals surface area contributed by atoms with Crippen molar-refractivity contribution in [1.82, 2.24) is 14.5 Å². The van der Waals surface area contributed by atoms with Crippen molar-refractivity contribution in [3.8, 4) is 22.6 Å². The van der Waals surface area contributed by atoms with E-state index >= 15 is 0 Å². The summed E-state index contributed by atoms with van der Waals surface area (Å²) in [6.07, 6.45) is 5.87. The molecule has 4 aromatic rings. The van der Waals surface area contributed by atoms with Crippen LogP contribution in [0.3, 0.4) is 0 Å². The van der Waals surface area contributed by atoms with Crippen LogP contribution in [0, 0.1) is 0 Å². The maximum Gasteiger partial charge on any atom is 0.146 e. The van der Waals surface area contributed by atoms with Gasteiger partial charge in [0.05, 0.1) is 5.39 Å². The van der Waals surface area contributed by atoms with E-state index in [1.54, 1.807) is 0 Å². The Hall–Kier alpha value is -3.34. The number of nitrogen functional groups attached to an aromatic ring is 1. The summed E-state index contributed by atoms with van der Waals surface area (Å²) in [6, 6.07) is 17.8. The van der Waals surface area contributed by atoms with Gasteiger partial charge in [-0.05, 0) is 36.2 Å². The first-order valence-electron chi connectivity index (χ1n) is 9.19. The quantitative estimate of drug-likeness (QED) is 0.510. The Balaban J connectivity index is 1.69. The molecule has 0 fully saturated rings. The van der Waals surface area contributed by atoms with Gasteiger partial charge in [-0.25, -0.2) is 9.97 Å². The number of aromatic nitrogens is 3. The van der Waals surface area contributed by atoms with E-state index < -0.39 is 0 Å². The van der Waals surface area contributed by atoms with Crippen LogP contribution >= 0.6 is 0 Å². The van der Waals surface area contributed by atoms with Crippen LogP contribution < -0.4 is 10.5 Å². The fraction of sp³-hybridized carbons (Fsp3) is 0.182. The van der Waals surface area contributed by atoms with E-state index in [9.17, 15) is 0 Å². The molecule has 0 aliphatic rings. The lowest BCUT2D eigenvalue weighted by Gasteiger charge is -2.06. The molecule has 27 heavy (non-hydrogen) atoms. The third-order valence-electron chi connectivity index (χ3n) is 4.58. The third kappa shape index (κ3) is 3.49. The van der Waals surface area contributed by atoms with Gasteiger partial charge >= 0.3 is 0 Å². The van der Waals surface area contributed by atoms with E-state index in [4.69, 9.17) is 10.5 Å². The van der Waals surface area contributed by atoms with Crippen LogP contribution in [0.1, 0.15) is 19.8 Å². The molecule has 5 heteroatoms. The summed E-state index contributed by atoms with van der Waals surface area (Å²) in [7, 11) is 0. The molecule has 2 heterocycles. The lowest BCUT2D eigenvalue weighted by Crippen LogP contribution is -1.98. The molecule has 0 unspecified atom stereocenters. The summed E-state index contributed by atoms with van der Waals surface area (Å²) in [5.74, 6) is 2.12. The Bertz CT molecular complexity index is 1040. The van der Waals surface area contributed by atoms with Crippen molar-refractivity contribution >= 4 is 16.9 Å². The fourth-order valence-electron chi connectivity index (χ4n) is 3.19. The second kappa shape index (κ2) is 7.50. The topological polar surface area (TPSA) is 66.0 Å². The Labute approximate surface area is 158 Å². The molecule has 0 bridgehead atoms. The Morgan fingerprint density at radius 3 is 2.44 bits per heavy atom. The lowest BCUT2D eigenvalue weighted by molar-refractivity contribution is 0.483. The van der Waals surface area contributed by atoms with Crippen molar-refractivity contribution in [2.24, 2.45) is 0 Å². The van der Waals surface area contributed by atoms with Crippen LogP contribution in [-0.2, 0) is 6.54 Å². The van der Waals surface area contributed by atoms with Gasteiger partial charge in [0.15, 0.2) is 0 Å². The van der Waals surface area contributed by atoms with E-state index in [0.717, 1.165) is 53.0 Å². The number of hydrogen-bond acceptors (Lipinski definition) is 4. The summed E-state index contributed by atoms with van der Waals surface area (Å²) in [5, 5.41) is 0.908. The van der Waals surface area contributed by atoms with E-state index in [-0.39, 0.29) is 0 Å². The number of unbranched alkanes of at least 4 members (excludes halogenated alkanes) is 1. The average Bonchev–Trinajstić information content (AvgIpc) is 3.08. The van der Waals surface area contributed by atoms with Crippen molar-refractivity contribution in [1.29, 1.82) is 0 Å². The van der Waals surface area contributed by atoms with Gasteiger partial charge in [-0.3, -0.25) is 0 Å². The fourth-order valence-corrected chi connectivity index (χ4v) is 3.19. The highest BCUT2D eigenvalue weighted by molar-refractivity contribution is 6.00.